The SMILES string of the molecule is CC(C)c1cccc(N(C)S(=O)(=O)c2cc(C(=O)O)ccn2)c1. The van der Waals surface area contributed by atoms with Crippen molar-refractivity contribution < 1.29 is 18.3 Å². The Morgan fingerprint density at radius 1 is 1.22 bits per heavy atom. The third-order valence-corrected chi connectivity index (χ3v) is 5.19. The molecule has 0 saturated carbocycles. The van der Waals surface area contributed by atoms with Crippen molar-refractivity contribution in [3.63, 3.8) is 0 Å². The summed E-state index contributed by atoms with van der Waals surface area (Å²) < 4.78 is 26.4. The molecule has 0 fully saturated rings. The molecule has 7 heteroatoms. The van der Waals surface area contributed by atoms with Crippen LogP contribution in [0.5, 0.6) is 0 Å². The molecule has 0 bridgehead atoms. The summed E-state index contributed by atoms with van der Waals surface area (Å²) in [5.74, 6) is -0.937. The lowest BCUT2D eigenvalue weighted by Crippen LogP contribution is -2.27. The molecule has 0 radical (unpaired) electrons. The van der Waals surface area contributed by atoms with Crippen LogP contribution in [0.2, 0.25) is 0 Å². The largest absolute Gasteiger partial charge is 0.478 e. The molecule has 122 valence electrons. The third kappa shape index (κ3) is 3.50. The number of nitrogens with zero attached hydrogens (tertiary/aromatic N) is 2. The van der Waals surface area contributed by atoms with Gasteiger partial charge >= 0.3 is 5.97 Å². The lowest BCUT2D eigenvalue weighted by molar-refractivity contribution is 0.0696. The van der Waals surface area contributed by atoms with E-state index in [9.17, 15) is 13.2 Å². The molecule has 1 N–H and O–H groups in total. The van der Waals surface area contributed by atoms with Crippen LogP contribution in [-0.4, -0.2) is 31.5 Å². The number of benzene rings is 1. The minimum absolute atomic E-state index is 0.122. The first-order valence-electron chi connectivity index (χ1n) is 7.01. The molecule has 1 aromatic heterocycles. The summed E-state index contributed by atoms with van der Waals surface area (Å²) in [5.41, 5.74) is 1.39. The molecule has 0 unspecified atom stereocenters. The first kappa shape index (κ1) is 17.0. The lowest BCUT2D eigenvalue weighted by atomic mass is 10.0. The Kier molecular flexibility index (Phi) is 4.70. The molecule has 0 aliphatic rings. The number of carboxylic acid groups (broad SMARTS) is 1. The van der Waals surface area contributed by atoms with Crippen LogP contribution in [0.25, 0.3) is 0 Å². The number of sulfonamides is 1. The highest BCUT2D eigenvalue weighted by molar-refractivity contribution is 7.92. The van der Waals surface area contributed by atoms with Crippen molar-refractivity contribution >= 4 is 21.7 Å². The van der Waals surface area contributed by atoms with Crippen molar-refractivity contribution in [2.24, 2.45) is 0 Å². The second-order valence-corrected chi connectivity index (χ2v) is 7.33. The van der Waals surface area contributed by atoms with Gasteiger partial charge in [-0.1, -0.05) is 26.0 Å². The van der Waals surface area contributed by atoms with E-state index in [0.29, 0.717) is 5.69 Å². The van der Waals surface area contributed by atoms with Gasteiger partial charge in [0, 0.05) is 13.2 Å². The number of aromatic carboxylic acids is 1. The summed E-state index contributed by atoms with van der Waals surface area (Å²) >= 11 is 0. The molecule has 2 aromatic rings. The van der Waals surface area contributed by atoms with E-state index in [0.717, 1.165) is 15.9 Å². The van der Waals surface area contributed by atoms with Crippen LogP contribution in [0, 0.1) is 0 Å². The Labute approximate surface area is 135 Å². The highest BCUT2D eigenvalue weighted by Gasteiger charge is 2.24. The maximum absolute atomic E-state index is 12.7. The molecule has 1 heterocycles. The summed E-state index contributed by atoms with van der Waals surface area (Å²) in [6, 6.07) is 9.50. The van der Waals surface area contributed by atoms with Crippen molar-refractivity contribution in [1.29, 1.82) is 0 Å². The van der Waals surface area contributed by atoms with E-state index in [-0.39, 0.29) is 16.5 Å². The zero-order chi connectivity index (χ0) is 17.2. The molecule has 23 heavy (non-hydrogen) atoms. The van der Waals surface area contributed by atoms with Gasteiger partial charge in [0.05, 0.1) is 11.3 Å². The molecule has 2 rings (SSSR count). The van der Waals surface area contributed by atoms with Gasteiger partial charge in [-0.3, -0.25) is 4.31 Å². The molecule has 1 aromatic carbocycles. The number of hydrogen-bond donors (Lipinski definition) is 1. The van der Waals surface area contributed by atoms with Crippen molar-refractivity contribution in [1.82, 2.24) is 4.98 Å². The van der Waals surface area contributed by atoms with Gasteiger partial charge in [-0.05, 0) is 35.7 Å². The predicted molar refractivity (Wildman–Crippen MR) is 87.3 cm³/mol. The fourth-order valence-corrected chi connectivity index (χ4v) is 3.18. The summed E-state index contributed by atoms with van der Waals surface area (Å²) in [6.07, 6.45) is 1.18. The molecule has 0 amide bonds. The summed E-state index contributed by atoms with van der Waals surface area (Å²) in [6.45, 7) is 4.04. The van der Waals surface area contributed by atoms with E-state index in [1.54, 1.807) is 18.2 Å². The van der Waals surface area contributed by atoms with Gasteiger partial charge in [-0.15, -0.1) is 0 Å². The number of aromatic nitrogens is 1. The number of carbonyl (C=O) groups is 1. The monoisotopic (exact) mass is 334 g/mol. The van der Waals surface area contributed by atoms with Gasteiger partial charge in [0.15, 0.2) is 5.03 Å². The van der Waals surface area contributed by atoms with Gasteiger partial charge in [-0.25, -0.2) is 9.78 Å². The van der Waals surface area contributed by atoms with Crippen molar-refractivity contribution in [2.45, 2.75) is 24.8 Å². The Balaban J connectivity index is 2.45. The molecule has 0 saturated heterocycles. The Morgan fingerprint density at radius 3 is 2.52 bits per heavy atom. The Hall–Kier alpha value is -2.41. The van der Waals surface area contributed by atoms with Gasteiger partial charge in [-0.2, -0.15) is 8.42 Å². The summed E-state index contributed by atoms with van der Waals surface area (Å²) in [5, 5.41) is 8.70. The van der Waals surface area contributed by atoms with Gasteiger partial charge < -0.3 is 5.11 Å². The normalized spacial score (nSPS) is 11.5. The van der Waals surface area contributed by atoms with Crippen molar-refractivity contribution in [3.8, 4) is 0 Å². The van der Waals surface area contributed by atoms with E-state index >= 15 is 0 Å². The second-order valence-electron chi connectivity index (χ2n) is 5.41. The summed E-state index contributed by atoms with van der Waals surface area (Å²) in [7, 11) is -2.51. The molecular weight excluding hydrogens is 316 g/mol. The minimum Gasteiger partial charge on any atom is -0.478 e. The first-order chi connectivity index (χ1) is 10.7. The van der Waals surface area contributed by atoms with Gasteiger partial charge in [0.2, 0.25) is 0 Å². The van der Waals surface area contributed by atoms with Crippen LogP contribution in [-0.2, 0) is 10.0 Å². The van der Waals surface area contributed by atoms with Crippen LogP contribution in [0.15, 0.2) is 47.6 Å². The maximum atomic E-state index is 12.7. The summed E-state index contributed by atoms with van der Waals surface area (Å²) in [4.78, 5) is 14.8. The van der Waals surface area contributed by atoms with Gasteiger partial charge in [0.25, 0.3) is 10.0 Å². The van der Waals surface area contributed by atoms with Crippen LogP contribution in [0.1, 0.15) is 35.7 Å². The second kappa shape index (κ2) is 6.37. The van der Waals surface area contributed by atoms with E-state index in [2.05, 4.69) is 4.98 Å². The third-order valence-electron chi connectivity index (χ3n) is 3.51. The van der Waals surface area contributed by atoms with Crippen LogP contribution in [0.3, 0.4) is 0 Å². The smallest absolute Gasteiger partial charge is 0.335 e. The average Bonchev–Trinajstić information content (AvgIpc) is 2.54. The fraction of sp³-hybridized carbons (Fsp3) is 0.250. The maximum Gasteiger partial charge on any atom is 0.335 e. The highest BCUT2D eigenvalue weighted by atomic mass is 32.2. The van der Waals surface area contributed by atoms with Crippen LogP contribution in [0.4, 0.5) is 5.69 Å². The zero-order valence-corrected chi connectivity index (χ0v) is 13.9. The number of carboxylic acids is 1. The number of pyridine rings is 1. The highest BCUT2D eigenvalue weighted by Crippen LogP contribution is 2.25. The topological polar surface area (TPSA) is 87.6 Å². The molecule has 0 spiro atoms. The van der Waals surface area contributed by atoms with Crippen LogP contribution >= 0.6 is 0 Å². The molecular formula is C16H18N2O4S. The Bertz CT molecular complexity index is 831. The van der Waals surface area contributed by atoms with Gasteiger partial charge in [0.1, 0.15) is 0 Å². The lowest BCUT2D eigenvalue weighted by Gasteiger charge is -2.20. The van der Waals surface area contributed by atoms with E-state index in [1.165, 1.54) is 19.3 Å². The number of hydrogen-bond acceptors (Lipinski definition) is 4. The van der Waals surface area contributed by atoms with Crippen LogP contribution < -0.4 is 4.31 Å². The van der Waals surface area contributed by atoms with Crippen molar-refractivity contribution in [3.05, 3.63) is 53.7 Å². The Morgan fingerprint density at radius 2 is 1.91 bits per heavy atom. The quantitative estimate of drug-likeness (QED) is 0.908. The fourth-order valence-electron chi connectivity index (χ4n) is 2.04. The van der Waals surface area contributed by atoms with E-state index in [4.69, 9.17) is 5.11 Å². The first-order valence-corrected chi connectivity index (χ1v) is 8.45. The van der Waals surface area contributed by atoms with Crippen molar-refractivity contribution in [2.75, 3.05) is 11.4 Å². The van der Waals surface area contributed by atoms with E-state index in [1.807, 2.05) is 19.9 Å². The number of rotatable bonds is 5. The molecule has 0 atom stereocenters. The van der Waals surface area contributed by atoms with E-state index < -0.39 is 16.0 Å². The predicted octanol–water partition coefficient (Wildman–Crippen LogP) is 2.73. The molecule has 0 aliphatic carbocycles. The average molecular weight is 334 g/mol. The standard InChI is InChI=1S/C16H18N2O4S/c1-11(2)12-5-4-6-14(9-12)18(3)23(21,22)15-10-13(16(19)20)7-8-17-15/h4-11H,1-3H3,(H,19,20). The minimum atomic E-state index is -3.93. The molecule has 0 aliphatic heterocycles. The zero-order valence-electron chi connectivity index (χ0n) is 13.1. The number of anilines is 1. The molecule has 6 nitrogen and oxygen atoms in total.